The topological polar surface area (TPSA) is 23.6 Å². The van der Waals surface area contributed by atoms with E-state index in [-0.39, 0.29) is 11.3 Å². The molecule has 1 aromatic carbocycles. The van der Waals surface area contributed by atoms with E-state index in [9.17, 15) is 4.79 Å². The van der Waals surface area contributed by atoms with Crippen LogP contribution < -0.4 is 0 Å². The Hall–Kier alpha value is -1.19. The van der Waals surface area contributed by atoms with E-state index in [1.165, 1.54) is 11.1 Å². The molecule has 3 nitrogen and oxygen atoms in total. The quantitative estimate of drug-likeness (QED) is 0.791. The Morgan fingerprint density at radius 3 is 2.50 bits per heavy atom. The number of hydrogen-bond donors (Lipinski definition) is 0. The van der Waals surface area contributed by atoms with Crippen molar-refractivity contribution in [2.45, 2.75) is 33.2 Å². The number of aryl methyl sites for hydroxylation is 2. The lowest BCUT2D eigenvalue weighted by Gasteiger charge is -2.45. The average Bonchev–Trinajstić information content (AvgIpc) is 2.36. The monoisotopic (exact) mass is 274 g/mol. The molecule has 0 unspecified atom stereocenters. The normalized spacial score (nSPS) is 20.1. The minimum Gasteiger partial charge on any atom is -0.299 e. The van der Waals surface area contributed by atoms with Gasteiger partial charge in [-0.1, -0.05) is 12.1 Å². The van der Waals surface area contributed by atoms with Gasteiger partial charge in [-0.25, -0.2) is 0 Å². The van der Waals surface area contributed by atoms with Crippen LogP contribution in [0.15, 0.2) is 18.2 Å². The van der Waals surface area contributed by atoms with Gasteiger partial charge in [0.1, 0.15) is 0 Å². The summed E-state index contributed by atoms with van der Waals surface area (Å²) in [6.45, 7) is 12.1. The highest BCUT2D eigenvalue weighted by atomic mass is 16.1. The average molecular weight is 274 g/mol. The molecule has 1 aromatic rings. The van der Waals surface area contributed by atoms with Crippen molar-refractivity contribution < 1.29 is 4.79 Å². The second kappa shape index (κ2) is 5.66. The molecule has 0 radical (unpaired) electrons. The van der Waals surface area contributed by atoms with E-state index in [1.54, 1.807) is 0 Å². The van der Waals surface area contributed by atoms with Crippen molar-refractivity contribution in [1.29, 1.82) is 0 Å². The van der Waals surface area contributed by atoms with Crippen molar-refractivity contribution in [2.75, 3.05) is 33.2 Å². The zero-order valence-electron chi connectivity index (χ0n) is 13.4. The van der Waals surface area contributed by atoms with Gasteiger partial charge in [0.25, 0.3) is 0 Å². The van der Waals surface area contributed by atoms with Crippen molar-refractivity contribution in [3.05, 3.63) is 34.9 Å². The highest BCUT2D eigenvalue weighted by molar-refractivity contribution is 5.97. The number of rotatable bonds is 3. The summed E-state index contributed by atoms with van der Waals surface area (Å²) in [6.07, 6.45) is 0. The molecule has 0 bridgehead atoms. The molecule has 0 aliphatic carbocycles. The molecule has 1 heterocycles. The molecule has 1 aliphatic heterocycles. The fraction of sp³-hybridized carbons (Fsp3) is 0.588. The van der Waals surface area contributed by atoms with Crippen molar-refractivity contribution in [2.24, 2.45) is 0 Å². The third kappa shape index (κ3) is 3.28. The fourth-order valence-electron chi connectivity index (χ4n) is 2.69. The molecule has 110 valence electrons. The summed E-state index contributed by atoms with van der Waals surface area (Å²) in [7, 11) is 2.16. The van der Waals surface area contributed by atoms with Gasteiger partial charge in [-0.2, -0.15) is 0 Å². The first-order valence-corrected chi connectivity index (χ1v) is 7.33. The van der Waals surface area contributed by atoms with Crippen LogP contribution >= 0.6 is 0 Å². The smallest absolute Gasteiger partial charge is 0.176 e. The van der Waals surface area contributed by atoms with Gasteiger partial charge in [-0.3, -0.25) is 14.6 Å². The second-order valence-corrected chi connectivity index (χ2v) is 6.67. The number of ketones is 1. The Morgan fingerprint density at radius 2 is 1.90 bits per heavy atom. The van der Waals surface area contributed by atoms with E-state index >= 15 is 0 Å². The number of Topliss-reactive ketones (excluding diaryl/α,β-unsaturated/α-hetero) is 1. The zero-order chi connectivity index (χ0) is 14.9. The van der Waals surface area contributed by atoms with Crippen molar-refractivity contribution in [3.8, 4) is 0 Å². The maximum atomic E-state index is 12.4. The lowest BCUT2D eigenvalue weighted by molar-refractivity contribution is 0.0390. The molecule has 0 amide bonds. The Kier molecular flexibility index (Phi) is 4.31. The van der Waals surface area contributed by atoms with Crippen LogP contribution in [0.2, 0.25) is 0 Å². The van der Waals surface area contributed by atoms with Crippen LogP contribution in [0.3, 0.4) is 0 Å². The van der Waals surface area contributed by atoms with E-state index in [1.807, 2.05) is 18.2 Å². The van der Waals surface area contributed by atoms with E-state index in [2.05, 4.69) is 44.5 Å². The molecular weight excluding hydrogens is 248 g/mol. The highest BCUT2D eigenvalue weighted by Gasteiger charge is 2.31. The Bertz CT molecular complexity index is 508. The molecule has 0 N–H and O–H groups in total. The van der Waals surface area contributed by atoms with E-state index in [4.69, 9.17) is 0 Å². The van der Waals surface area contributed by atoms with E-state index in [0.29, 0.717) is 6.54 Å². The number of carbonyl (C=O) groups excluding carboxylic acids is 1. The first-order valence-electron chi connectivity index (χ1n) is 7.33. The van der Waals surface area contributed by atoms with Crippen LogP contribution in [0.4, 0.5) is 0 Å². The molecular formula is C17H26N2O. The fourth-order valence-corrected chi connectivity index (χ4v) is 2.69. The van der Waals surface area contributed by atoms with Crippen LogP contribution in [0.1, 0.15) is 35.3 Å². The number of carbonyl (C=O) groups is 1. The van der Waals surface area contributed by atoms with Crippen LogP contribution in [0.25, 0.3) is 0 Å². The molecule has 1 aliphatic rings. The van der Waals surface area contributed by atoms with Crippen LogP contribution in [-0.2, 0) is 0 Å². The first kappa shape index (κ1) is 15.2. The van der Waals surface area contributed by atoms with Gasteiger partial charge in [0.05, 0.1) is 6.54 Å². The molecule has 3 heteroatoms. The molecule has 0 aromatic heterocycles. The summed E-state index contributed by atoms with van der Waals surface area (Å²) in [5.74, 6) is 0.230. The summed E-state index contributed by atoms with van der Waals surface area (Å²) in [5.41, 5.74) is 3.41. The number of benzene rings is 1. The lowest BCUT2D eigenvalue weighted by atomic mass is 9.98. The number of likely N-dealkylation sites (N-methyl/N-ethyl adjacent to an activating group) is 1. The maximum absolute atomic E-state index is 12.4. The van der Waals surface area contributed by atoms with E-state index in [0.717, 1.165) is 25.2 Å². The minimum atomic E-state index is 0.141. The van der Waals surface area contributed by atoms with Gasteiger partial charge in [0, 0.05) is 30.7 Å². The van der Waals surface area contributed by atoms with E-state index < -0.39 is 0 Å². The molecule has 2 rings (SSSR count). The van der Waals surface area contributed by atoms with Gasteiger partial charge >= 0.3 is 0 Å². The Labute approximate surface area is 122 Å². The van der Waals surface area contributed by atoms with Gasteiger partial charge in [-0.05, 0) is 51.9 Å². The summed E-state index contributed by atoms with van der Waals surface area (Å²) in [5, 5.41) is 0. The van der Waals surface area contributed by atoms with Gasteiger partial charge < -0.3 is 0 Å². The van der Waals surface area contributed by atoms with Gasteiger partial charge in [-0.15, -0.1) is 0 Å². The summed E-state index contributed by atoms with van der Waals surface area (Å²) < 4.78 is 0. The molecule has 20 heavy (non-hydrogen) atoms. The SMILES string of the molecule is Cc1ccc(C(=O)CN2CCN(C)C(C)(C)C2)cc1C. The minimum absolute atomic E-state index is 0.141. The summed E-state index contributed by atoms with van der Waals surface area (Å²) in [4.78, 5) is 17.1. The van der Waals surface area contributed by atoms with Crippen LogP contribution in [0.5, 0.6) is 0 Å². The number of piperazine rings is 1. The Balaban J connectivity index is 2.03. The summed E-state index contributed by atoms with van der Waals surface area (Å²) >= 11 is 0. The predicted molar refractivity (Wildman–Crippen MR) is 83.4 cm³/mol. The summed E-state index contributed by atoms with van der Waals surface area (Å²) in [6, 6.07) is 6.00. The molecule has 0 saturated carbocycles. The zero-order valence-corrected chi connectivity index (χ0v) is 13.4. The lowest BCUT2D eigenvalue weighted by Crippen LogP contribution is -2.58. The molecule has 1 saturated heterocycles. The molecule has 0 spiro atoms. The molecule has 1 fully saturated rings. The standard InChI is InChI=1S/C17H26N2O/c1-13-6-7-15(10-14(13)2)16(20)11-19-9-8-18(5)17(3,4)12-19/h6-7,10H,8-9,11-12H2,1-5H3. The number of hydrogen-bond acceptors (Lipinski definition) is 3. The number of nitrogens with zero attached hydrogens (tertiary/aromatic N) is 2. The van der Waals surface area contributed by atoms with Crippen LogP contribution in [0, 0.1) is 13.8 Å². The maximum Gasteiger partial charge on any atom is 0.176 e. The third-order valence-corrected chi connectivity index (χ3v) is 4.59. The first-order chi connectivity index (χ1) is 9.29. The third-order valence-electron chi connectivity index (χ3n) is 4.59. The predicted octanol–water partition coefficient (Wildman–Crippen LogP) is 2.51. The van der Waals surface area contributed by atoms with Crippen molar-refractivity contribution in [1.82, 2.24) is 9.80 Å². The highest BCUT2D eigenvalue weighted by Crippen LogP contribution is 2.19. The molecule has 0 atom stereocenters. The Morgan fingerprint density at radius 1 is 1.20 bits per heavy atom. The van der Waals surface area contributed by atoms with Crippen molar-refractivity contribution >= 4 is 5.78 Å². The largest absolute Gasteiger partial charge is 0.299 e. The second-order valence-electron chi connectivity index (χ2n) is 6.67. The van der Waals surface area contributed by atoms with Gasteiger partial charge in [0.2, 0.25) is 0 Å². The van der Waals surface area contributed by atoms with Gasteiger partial charge in [0.15, 0.2) is 5.78 Å². The van der Waals surface area contributed by atoms with Crippen molar-refractivity contribution in [3.63, 3.8) is 0 Å². The van der Waals surface area contributed by atoms with Crippen LogP contribution in [-0.4, -0.2) is 54.3 Å².